The highest BCUT2D eigenvalue weighted by Gasteiger charge is 2.29. The van der Waals surface area contributed by atoms with E-state index < -0.39 is 5.82 Å². The lowest BCUT2D eigenvalue weighted by Gasteiger charge is -2.37. The van der Waals surface area contributed by atoms with Gasteiger partial charge < -0.3 is 15.5 Å². The molecule has 5 heterocycles. The summed E-state index contributed by atoms with van der Waals surface area (Å²) in [5.74, 6) is 0.493. The van der Waals surface area contributed by atoms with Crippen molar-refractivity contribution in [3.05, 3.63) is 83.4 Å². The van der Waals surface area contributed by atoms with Crippen molar-refractivity contribution in [2.24, 2.45) is 5.92 Å². The molecule has 3 saturated heterocycles. The highest BCUT2D eigenvalue weighted by molar-refractivity contribution is 6.01. The summed E-state index contributed by atoms with van der Waals surface area (Å²) in [4.78, 5) is 50.1. The molecule has 4 aliphatic rings. The van der Waals surface area contributed by atoms with Gasteiger partial charge in [0.1, 0.15) is 0 Å². The van der Waals surface area contributed by atoms with E-state index in [2.05, 4.69) is 63.5 Å². The predicted molar refractivity (Wildman–Crippen MR) is 202 cm³/mol. The second-order valence-corrected chi connectivity index (χ2v) is 14.8. The van der Waals surface area contributed by atoms with Crippen LogP contribution in [-0.4, -0.2) is 93.6 Å². The topological polar surface area (TPSA) is 164 Å². The average Bonchev–Trinajstić information content (AvgIpc) is 3.94. The molecule has 4 fully saturated rings. The number of hydrazine groups is 1. The Kier molecular flexibility index (Phi) is 10.5. The van der Waals surface area contributed by atoms with Crippen LogP contribution in [0.5, 0.6) is 0 Å². The number of nitrogens with zero attached hydrogens (tertiary/aromatic N) is 6. The molecule has 1 unspecified atom stereocenters. The molecule has 0 radical (unpaired) electrons. The molecule has 1 saturated carbocycles. The van der Waals surface area contributed by atoms with E-state index in [-0.39, 0.29) is 35.4 Å². The van der Waals surface area contributed by atoms with Crippen LogP contribution in [0.1, 0.15) is 78.4 Å². The molecule has 8 rings (SSSR count). The minimum Gasteiger partial charge on any atom is -0.369 e. The number of aromatic nitrogens is 4. The van der Waals surface area contributed by atoms with E-state index in [1.54, 1.807) is 24.3 Å². The average molecular weight is 736 g/mol. The summed E-state index contributed by atoms with van der Waals surface area (Å²) in [5, 5.41) is 17.7. The number of piperazine rings is 1. The maximum Gasteiger partial charge on any atom is 0.265 e. The number of amides is 3. The van der Waals surface area contributed by atoms with Crippen molar-refractivity contribution in [3.63, 3.8) is 0 Å². The summed E-state index contributed by atoms with van der Waals surface area (Å²) in [6.07, 6.45) is 7.56. The number of nitrogens with one attached hydrogen (secondary N) is 5. The van der Waals surface area contributed by atoms with Crippen molar-refractivity contribution in [2.45, 2.75) is 56.8 Å². The number of carbonyl (C=O) groups excluding carboxylic acids is 3. The Balaban J connectivity index is 0.735. The number of H-pyrrole nitrogens is 1. The first-order chi connectivity index (χ1) is 26.3. The standard InChI is InChI=1S/C39H46FN11O3/c40-32-24-41-39(45-36(32)43-34-23-33(46-47-34)27-1-2-27)42-29-7-3-28(4-8-29)37(53)48-51-17-14-25(15-18-51)13-16-49-19-21-50(22-20-49)30-9-5-26(6-10-30)31-11-12-35(52)44-38(31)54/h3-10,23-25,27,31H,1-2,11-22H2,(H,48,53)(H,44,52,54)(H3,41,42,43,45,46,47). The molecule has 1 atom stereocenters. The van der Waals surface area contributed by atoms with Crippen LogP contribution in [0, 0.1) is 11.7 Å². The van der Waals surface area contributed by atoms with E-state index in [4.69, 9.17) is 0 Å². The van der Waals surface area contributed by atoms with Crippen molar-refractivity contribution in [3.8, 4) is 0 Å². The third-order valence-electron chi connectivity index (χ3n) is 11.0. The molecule has 5 N–H and O–H groups in total. The Hall–Kier alpha value is -5.41. The predicted octanol–water partition coefficient (Wildman–Crippen LogP) is 4.79. The van der Waals surface area contributed by atoms with Gasteiger partial charge in [0.15, 0.2) is 17.5 Å². The summed E-state index contributed by atoms with van der Waals surface area (Å²) in [6, 6.07) is 17.2. The summed E-state index contributed by atoms with van der Waals surface area (Å²) in [5.41, 5.74) is 7.45. The van der Waals surface area contributed by atoms with Gasteiger partial charge in [-0.2, -0.15) is 10.1 Å². The van der Waals surface area contributed by atoms with Crippen LogP contribution < -0.4 is 26.3 Å². The fraction of sp³-hybridized carbons (Fsp3) is 0.436. The summed E-state index contributed by atoms with van der Waals surface area (Å²) < 4.78 is 14.4. The molecule has 2 aromatic heterocycles. The number of aromatic amines is 1. The number of imide groups is 1. The summed E-state index contributed by atoms with van der Waals surface area (Å²) in [6.45, 7) is 6.66. The lowest BCUT2D eigenvalue weighted by atomic mass is 9.90. The van der Waals surface area contributed by atoms with Crippen LogP contribution >= 0.6 is 0 Å². The van der Waals surface area contributed by atoms with Crippen molar-refractivity contribution in [1.82, 2.24) is 40.8 Å². The number of benzene rings is 2. The Morgan fingerprint density at radius 1 is 0.889 bits per heavy atom. The van der Waals surface area contributed by atoms with Crippen molar-refractivity contribution in [1.29, 1.82) is 0 Å². The van der Waals surface area contributed by atoms with Crippen LogP contribution in [0.2, 0.25) is 0 Å². The monoisotopic (exact) mass is 735 g/mol. The maximum atomic E-state index is 14.4. The van der Waals surface area contributed by atoms with E-state index in [9.17, 15) is 18.8 Å². The summed E-state index contributed by atoms with van der Waals surface area (Å²) in [7, 11) is 0. The minimum absolute atomic E-state index is 0.0218. The van der Waals surface area contributed by atoms with Gasteiger partial charge in [-0.25, -0.2) is 14.4 Å². The molecule has 4 aromatic rings. The maximum absolute atomic E-state index is 14.4. The first kappa shape index (κ1) is 35.6. The zero-order valence-electron chi connectivity index (χ0n) is 30.2. The molecule has 1 aliphatic carbocycles. The molecule has 3 aliphatic heterocycles. The number of hydrogen-bond donors (Lipinski definition) is 5. The zero-order chi connectivity index (χ0) is 37.0. The van der Waals surface area contributed by atoms with E-state index >= 15 is 0 Å². The van der Waals surface area contributed by atoms with E-state index in [0.717, 1.165) is 95.4 Å². The molecule has 3 amide bonds. The first-order valence-electron chi connectivity index (χ1n) is 19.0. The quantitative estimate of drug-likeness (QED) is 0.127. The van der Waals surface area contributed by atoms with Gasteiger partial charge in [-0.15, -0.1) is 0 Å². The molecular weight excluding hydrogens is 690 g/mol. The number of piperidine rings is 2. The Bertz CT molecular complexity index is 1950. The smallest absolute Gasteiger partial charge is 0.265 e. The SMILES string of the molecule is O=C1CCC(c2ccc(N3CCN(CCC4CCN(NC(=O)c5ccc(Nc6ncc(F)c(Nc7cc(C8CC8)[nH]n7)n6)cc5)CC4)CC3)cc2)C(=O)N1. The number of halogens is 1. The van der Waals surface area contributed by atoms with E-state index in [1.807, 2.05) is 23.2 Å². The van der Waals surface area contributed by atoms with Gasteiger partial charge in [-0.3, -0.25) is 35.1 Å². The van der Waals surface area contributed by atoms with Gasteiger partial charge in [0.2, 0.25) is 17.8 Å². The summed E-state index contributed by atoms with van der Waals surface area (Å²) >= 11 is 0. The van der Waals surface area contributed by atoms with Crippen molar-refractivity contribution >= 4 is 46.7 Å². The van der Waals surface area contributed by atoms with Gasteiger partial charge in [0.05, 0.1) is 12.1 Å². The van der Waals surface area contributed by atoms with Gasteiger partial charge >= 0.3 is 0 Å². The third kappa shape index (κ3) is 8.69. The zero-order valence-corrected chi connectivity index (χ0v) is 30.2. The Morgan fingerprint density at radius 3 is 2.37 bits per heavy atom. The largest absolute Gasteiger partial charge is 0.369 e. The molecule has 0 bridgehead atoms. The molecule has 15 heteroatoms. The number of hydrogen-bond acceptors (Lipinski definition) is 11. The lowest BCUT2D eigenvalue weighted by molar-refractivity contribution is -0.134. The van der Waals surface area contributed by atoms with E-state index in [1.165, 1.54) is 5.69 Å². The number of rotatable bonds is 12. The molecule has 0 spiro atoms. The molecule has 54 heavy (non-hydrogen) atoms. The van der Waals surface area contributed by atoms with Gasteiger partial charge in [-0.05, 0) is 92.9 Å². The highest BCUT2D eigenvalue weighted by Crippen LogP contribution is 2.39. The molecule has 282 valence electrons. The van der Waals surface area contributed by atoms with Crippen molar-refractivity contribution in [2.75, 3.05) is 61.3 Å². The number of carbonyl (C=O) groups is 3. The fourth-order valence-electron chi connectivity index (χ4n) is 7.54. The second-order valence-electron chi connectivity index (χ2n) is 14.8. The van der Waals surface area contributed by atoms with Crippen LogP contribution in [-0.2, 0) is 9.59 Å². The second kappa shape index (κ2) is 15.9. The first-order valence-corrected chi connectivity index (χ1v) is 19.0. The fourth-order valence-corrected chi connectivity index (χ4v) is 7.54. The third-order valence-corrected chi connectivity index (χ3v) is 11.0. The van der Waals surface area contributed by atoms with Crippen LogP contribution in [0.3, 0.4) is 0 Å². The van der Waals surface area contributed by atoms with Crippen molar-refractivity contribution < 1.29 is 18.8 Å². The van der Waals surface area contributed by atoms with Crippen LogP contribution in [0.25, 0.3) is 0 Å². The van der Waals surface area contributed by atoms with Crippen LogP contribution in [0.4, 0.5) is 33.3 Å². The van der Waals surface area contributed by atoms with Gasteiger partial charge in [-0.1, -0.05) is 12.1 Å². The molecule has 2 aromatic carbocycles. The Morgan fingerprint density at radius 2 is 1.65 bits per heavy atom. The lowest BCUT2D eigenvalue weighted by Crippen LogP contribution is -2.48. The minimum atomic E-state index is -0.586. The molecular formula is C39H46FN11O3. The van der Waals surface area contributed by atoms with Gasteiger partial charge in [0.25, 0.3) is 5.91 Å². The number of anilines is 5. The highest BCUT2D eigenvalue weighted by atomic mass is 19.1. The normalized spacial score (nSPS) is 20.1. The van der Waals surface area contributed by atoms with Gasteiger partial charge in [0, 0.05) is 80.3 Å². The van der Waals surface area contributed by atoms with E-state index in [0.29, 0.717) is 41.7 Å². The Labute approximate surface area is 313 Å². The molecule has 14 nitrogen and oxygen atoms in total. The van der Waals surface area contributed by atoms with Crippen LogP contribution in [0.15, 0.2) is 60.8 Å².